The number of aliphatic hydroxyl groups is 4. The van der Waals surface area contributed by atoms with Crippen LogP contribution in [0.5, 0.6) is 0 Å². The summed E-state index contributed by atoms with van der Waals surface area (Å²) >= 11 is 0. The number of imide groups is 1. The fraction of sp³-hybridized carbons (Fsp3) is 0.854. The first-order valence-corrected chi connectivity index (χ1v) is 26.2. The molecule has 4 heterocycles. The molecule has 4 aliphatic rings. The minimum Gasteiger partial charge on any atom is -0.387 e. The molecule has 0 radical (unpaired) electrons. The lowest BCUT2D eigenvalue weighted by Crippen LogP contribution is -2.55. The van der Waals surface area contributed by atoms with Crippen molar-refractivity contribution >= 4 is 41.7 Å². The molecule has 2 fully saturated rings. The molecule has 2 saturated heterocycles. The second-order valence-corrected chi connectivity index (χ2v) is 21.1. The molecule has 0 spiro atoms. The maximum Gasteiger partial charge on any atom is 0.324 e. The van der Waals surface area contributed by atoms with Gasteiger partial charge in [-0.1, -0.05) is 33.6 Å². The number of nitrogens with zero attached hydrogens (tertiary/aromatic N) is 11. The Morgan fingerprint density at radius 3 is 1.73 bits per heavy atom. The van der Waals surface area contributed by atoms with Crippen molar-refractivity contribution in [3.63, 3.8) is 0 Å². The van der Waals surface area contributed by atoms with Gasteiger partial charge in [0.1, 0.15) is 63.5 Å². The average Bonchev–Trinajstić information content (AvgIpc) is 4.12. The Hall–Kier alpha value is -4.31. The van der Waals surface area contributed by atoms with E-state index in [0.717, 1.165) is 107 Å². The van der Waals surface area contributed by atoms with E-state index in [0.29, 0.717) is 73.8 Å². The highest BCUT2D eigenvalue weighted by Gasteiger charge is 2.35. The van der Waals surface area contributed by atoms with Crippen molar-refractivity contribution in [3.05, 3.63) is 0 Å². The Balaban J connectivity index is 0.000000499. The van der Waals surface area contributed by atoms with Gasteiger partial charge in [0, 0.05) is 73.1 Å². The lowest BCUT2D eigenvalue weighted by atomic mass is 10.1. The molecular weight excluding hydrogens is 943 g/mol. The number of nitrogens with two attached hydrogens (primary N) is 1. The molecule has 11 N–H and O–H groups in total. The number of carbonyl (C=O) groups excluding carboxylic acids is 3. The van der Waals surface area contributed by atoms with Crippen LogP contribution in [0.2, 0.25) is 0 Å². The number of quaternary nitrogens is 3. The second kappa shape index (κ2) is 34.3. The number of guanidine groups is 4. The number of hydrogen-bond acceptors (Lipinski definition) is 15. The number of methoxy groups -OCH3 is 1. The summed E-state index contributed by atoms with van der Waals surface area (Å²) in [6.07, 6.45) is 3.88. The maximum atomic E-state index is 12.0. The van der Waals surface area contributed by atoms with Crippen molar-refractivity contribution in [1.82, 2.24) is 45.8 Å². The molecule has 25 heteroatoms. The average molecular weight is 1050 g/mol. The molecule has 0 bridgehead atoms. The predicted molar refractivity (Wildman–Crippen MR) is 289 cm³/mol. The van der Waals surface area contributed by atoms with Crippen molar-refractivity contribution in [2.24, 2.45) is 20.7 Å². The molecule has 0 aromatic heterocycles. The Labute approximate surface area is 437 Å². The first-order chi connectivity index (χ1) is 34.3. The number of likely N-dealkylation sites (N-methyl/N-ethyl adjacent to an activating group) is 3. The third-order valence-corrected chi connectivity index (χ3v) is 12.7. The molecule has 0 aromatic carbocycles. The number of carbonyl (C=O) groups is 3. The maximum absolute atomic E-state index is 12.0. The van der Waals surface area contributed by atoms with Gasteiger partial charge in [0.15, 0.2) is 6.10 Å². The Kier molecular flexibility index (Phi) is 31.3. The number of rotatable bonds is 25. The van der Waals surface area contributed by atoms with E-state index >= 15 is 0 Å². The molecular formula is C48H102N17O8+3. The van der Waals surface area contributed by atoms with Crippen LogP contribution in [-0.4, -0.2) is 306 Å². The van der Waals surface area contributed by atoms with Crippen LogP contribution in [0.3, 0.4) is 0 Å². The smallest absolute Gasteiger partial charge is 0.324 e. The first kappa shape index (κ1) is 66.7. The molecule has 73 heavy (non-hydrogen) atoms. The number of ether oxygens (including phenoxy) is 1. The minimum atomic E-state index is -0.591. The van der Waals surface area contributed by atoms with Gasteiger partial charge in [0.25, 0.3) is 0 Å². The van der Waals surface area contributed by atoms with Crippen molar-refractivity contribution in [2.75, 3.05) is 182 Å². The lowest BCUT2D eigenvalue weighted by Gasteiger charge is -2.37. The number of nitrogens with one attached hydrogen (secondary N) is 5. The van der Waals surface area contributed by atoms with E-state index in [9.17, 15) is 34.8 Å². The van der Waals surface area contributed by atoms with E-state index < -0.39 is 24.3 Å². The molecule has 0 saturated carbocycles. The molecule has 424 valence electrons. The van der Waals surface area contributed by atoms with Crippen molar-refractivity contribution < 1.29 is 53.0 Å². The lowest BCUT2D eigenvalue weighted by molar-refractivity contribution is -0.917. The minimum absolute atomic E-state index is 0.0722. The number of fused-ring (bicyclic) bond motifs is 2. The quantitative estimate of drug-likeness (QED) is 0.0165. The van der Waals surface area contributed by atoms with Crippen LogP contribution < -0.4 is 27.0 Å². The van der Waals surface area contributed by atoms with Gasteiger partial charge in [-0.2, -0.15) is 4.99 Å². The number of urea groups is 2. The highest BCUT2D eigenvalue weighted by molar-refractivity contribution is 6.07. The van der Waals surface area contributed by atoms with Gasteiger partial charge in [-0.05, 0) is 33.2 Å². The topological polar surface area (TPSA) is 293 Å². The van der Waals surface area contributed by atoms with Gasteiger partial charge in [-0.3, -0.25) is 40.2 Å². The van der Waals surface area contributed by atoms with Gasteiger partial charge >= 0.3 is 12.1 Å². The van der Waals surface area contributed by atoms with Gasteiger partial charge < -0.3 is 70.1 Å². The zero-order chi connectivity index (χ0) is 55.4. The Morgan fingerprint density at radius 2 is 1.25 bits per heavy atom. The Bertz CT molecular complexity index is 1710. The van der Waals surface area contributed by atoms with Crippen LogP contribution in [0, 0.1) is 5.41 Å². The highest BCUT2D eigenvalue weighted by atomic mass is 16.5. The molecule has 3 atom stereocenters. The fourth-order valence-corrected chi connectivity index (χ4v) is 8.62. The first-order valence-electron chi connectivity index (χ1n) is 26.2. The zero-order valence-corrected chi connectivity index (χ0v) is 47.2. The van der Waals surface area contributed by atoms with Gasteiger partial charge in [0.05, 0.1) is 68.5 Å². The number of ketones is 1. The predicted octanol–water partition coefficient (Wildman–Crippen LogP) is -1.45. The third kappa shape index (κ3) is 27.2. The summed E-state index contributed by atoms with van der Waals surface area (Å²) in [5.74, 6) is 2.53. The summed E-state index contributed by atoms with van der Waals surface area (Å²) in [6, 6.07) is -1.15. The molecule has 4 rings (SSSR count). The number of Topliss-reactive ketones (excluding diaryl/α,β-unsaturated/α-hetero) is 1. The van der Waals surface area contributed by atoms with Gasteiger partial charge in [0.2, 0.25) is 23.8 Å². The summed E-state index contributed by atoms with van der Waals surface area (Å²) in [7, 11) is 17.1. The van der Waals surface area contributed by atoms with Crippen LogP contribution in [0.15, 0.2) is 15.0 Å². The van der Waals surface area contributed by atoms with Crippen molar-refractivity contribution in [2.45, 2.75) is 90.6 Å². The SMILES string of the molecule is CCC(O)C[N+](C)(C)CC(O)C[N+](C)(C)CC(O)CC.CCCCCC(=O)CN(CNC)CC(O)C[N+](C)(C)CC.CNC(=O)NC(=O)NCOC.N=C(N=C(N)N1CCN2CCN=C21)N1CCN2CCN=C21. The normalized spacial score (nSPS) is 17.2. The van der Waals surface area contributed by atoms with Crippen LogP contribution in [0.1, 0.15) is 66.2 Å². The summed E-state index contributed by atoms with van der Waals surface area (Å²) in [6.45, 7) is 21.0. The molecule has 3 unspecified atom stereocenters. The molecule has 25 nitrogen and oxygen atoms in total. The standard InChI is InChI=1S/C16H36N3O2.C15H36N2O3.C12H19N9.C5H11N3O3/c1-6-8-9-10-15(20)11-18(14-17-3)12-16(21)13-19(4,5)7-2;1-7-13(18)9-16(3,4)11-15(20)12-17(5,6)10-14(19)8-2;13-9(20-7-5-18-3-1-15-11(18)20)17-10(14)21-8-6-19-4-2-16-12(19)21;1-6-4(9)8-5(10)7-3-11-2/h16-17,21H,6-14H2,1-5H3;13-15,18-20H,7-12H2,1-6H3;1-8H2,(H3,13,14,17);3H2,1-2H3,(H3,6,7,8,9,10)/q+1;+2;;. The molecule has 0 aromatic rings. The monoisotopic (exact) mass is 1040 g/mol. The van der Waals surface area contributed by atoms with Crippen LogP contribution >= 0.6 is 0 Å². The summed E-state index contributed by atoms with van der Waals surface area (Å²) in [5.41, 5.74) is 6.09. The van der Waals surface area contributed by atoms with Crippen molar-refractivity contribution in [3.8, 4) is 0 Å². The molecule has 0 aliphatic carbocycles. The number of hydrogen-bond donors (Lipinski definition) is 10. The summed E-state index contributed by atoms with van der Waals surface area (Å²) in [4.78, 5) is 56.3. The van der Waals surface area contributed by atoms with E-state index in [-0.39, 0.29) is 30.7 Å². The van der Waals surface area contributed by atoms with Crippen molar-refractivity contribution in [1.29, 1.82) is 5.41 Å². The summed E-state index contributed by atoms with van der Waals surface area (Å²) in [5, 5.41) is 57.8. The zero-order valence-electron chi connectivity index (χ0n) is 47.2. The third-order valence-electron chi connectivity index (χ3n) is 12.7. The van der Waals surface area contributed by atoms with E-state index in [1.165, 1.54) is 14.2 Å². The number of amides is 4. The van der Waals surface area contributed by atoms with Gasteiger partial charge in [-0.25, -0.2) is 9.59 Å². The molecule has 4 amide bonds. The van der Waals surface area contributed by atoms with E-state index in [1.54, 1.807) is 0 Å². The summed E-state index contributed by atoms with van der Waals surface area (Å²) < 4.78 is 6.52. The van der Waals surface area contributed by atoms with Gasteiger partial charge in [-0.15, -0.1) is 0 Å². The van der Waals surface area contributed by atoms with Crippen LogP contribution in [-0.2, 0) is 9.53 Å². The highest BCUT2D eigenvalue weighted by Crippen LogP contribution is 2.17. The second-order valence-electron chi connectivity index (χ2n) is 21.1. The van der Waals surface area contributed by atoms with E-state index in [2.05, 4.69) is 73.4 Å². The van der Waals surface area contributed by atoms with E-state index in [4.69, 9.17) is 11.1 Å². The fourth-order valence-electron chi connectivity index (χ4n) is 8.62. The van der Waals surface area contributed by atoms with Crippen LogP contribution in [0.25, 0.3) is 0 Å². The van der Waals surface area contributed by atoms with E-state index in [1.807, 2.05) is 69.1 Å². The largest absolute Gasteiger partial charge is 0.387 e. The molecule has 4 aliphatic heterocycles. The number of aliphatic hydroxyl groups excluding tert-OH is 4. The number of unbranched alkanes of at least 4 members (excludes halogenated alkanes) is 2. The van der Waals surface area contributed by atoms with Crippen LogP contribution in [0.4, 0.5) is 9.59 Å². The number of aliphatic imine (C=N–C) groups is 3. The Morgan fingerprint density at radius 1 is 0.740 bits per heavy atom.